The molecule has 144 valence electrons. The van der Waals surface area contributed by atoms with Crippen molar-refractivity contribution >= 4 is 29.3 Å². The van der Waals surface area contributed by atoms with Gasteiger partial charge in [0.05, 0.1) is 23.8 Å². The Morgan fingerprint density at radius 3 is 2.50 bits per heavy atom. The van der Waals surface area contributed by atoms with E-state index in [1.165, 1.54) is 7.11 Å². The van der Waals surface area contributed by atoms with Crippen molar-refractivity contribution in [3.05, 3.63) is 63.2 Å². The lowest BCUT2D eigenvalue weighted by atomic mass is 10.1. The average Bonchev–Trinajstić information content (AvgIpc) is 2.97. The zero-order chi connectivity index (χ0) is 20.4. The molecule has 0 radical (unpaired) electrons. The second kappa shape index (κ2) is 7.39. The van der Waals surface area contributed by atoms with Crippen LogP contribution in [0.25, 0.3) is 6.08 Å². The minimum atomic E-state index is -0.686. The summed E-state index contributed by atoms with van der Waals surface area (Å²) in [6.07, 6.45) is 1.93. The molecule has 0 atom stereocenters. The third-order valence-electron chi connectivity index (χ3n) is 4.31. The number of ether oxygens (including phenoxy) is 1. The third-order valence-corrected chi connectivity index (χ3v) is 4.31. The zero-order valence-corrected chi connectivity index (χ0v) is 15.1. The number of methoxy groups -OCH3 is 1. The molecule has 0 saturated carbocycles. The molecule has 28 heavy (non-hydrogen) atoms. The van der Waals surface area contributed by atoms with Gasteiger partial charge in [0.15, 0.2) is 11.5 Å². The predicted octanol–water partition coefficient (Wildman–Crippen LogP) is 2.33. The number of phenols is 1. The van der Waals surface area contributed by atoms with E-state index in [-0.39, 0.29) is 22.6 Å². The van der Waals surface area contributed by atoms with Crippen LogP contribution in [0.4, 0.5) is 11.4 Å². The van der Waals surface area contributed by atoms with Gasteiger partial charge in [0, 0.05) is 11.6 Å². The topological polar surface area (TPSA) is 122 Å². The summed E-state index contributed by atoms with van der Waals surface area (Å²) in [5, 5.41) is 22.4. The van der Waals surface area contributed by atoms with Gasteiger partial charge in [-0.3, -0.25) is 25.1 Å². The number of hydrogen-bond donors (Lipinski definition) is 2. The van der Waals surface area contributed by atoms with Crippen LogP contribution in [0.5, 0.6) is 11.5 Å². The molecule has 9 heteroatoms. The Hall–Kier alpha value is -3.88. The molecule has 0 aromatic heterocycles. The summed E-state index contributed by atoms with van der Waals surface area (Å²) in [4.78, 5) is 35.4. The highest BCUT2D eigenvalue weighted by Gasteiger charge is 2.35. The monoisotopic (exact) mass is 383 g/mol. The van der Waals surface area contributed by atoms with Crippen molar-refractivity contribution in [2.24, 2.45) is 0 Å². The first-order chi connectivity index (χ1) is 13.3. The van der Waals surface area contributed by atoms with Crippen molar-refractivity contribution in [3.63, 3.8) is 0 Å². The van der Waals surface area contributed by atoms with Crippen LogP contribution in [0.2, 0.25) is 0 Å². The van der Waals surface area contributed by atoms with Crippen LogP contribution < -0.4 is 15.2 Å². The summed E-state index contributed by atoms with van der Waals surface area (Å²) in [5.74, 6) is -1.88. The number of aromatic hydroxyl groups is 1. The van der Waals surface area contributed by atoms with Crippen LogP contribution in [0.3, 0.4) is 0 Å². The molecule has 2 N–H and O–H groups in total. The lowest BCUT2D eigenvalue weighted by molar-refractivity contribution is -0.385. The second-order valence-corrected chi connectivity index (χ2v) is 6.00. The van der Waals surface area contributed by atoms with Gasteiger partial charge in [0.1, 0.15) is 5.57 Å². The SMILES string of the molecule is CCc1ccc(N2NC(=O)/C(=C\c3cc([N+](=O)[O-])cc(OC)c3O)C2=O)cc1. The van der Waals surface area contributed by atoms with Gasteiger partial charge in [-0.1, -0.05) is 19.1 Å². The van der Waals surface area contributed by atoms with Gasteiger partial charge in [0.2, 0.25) is 0 Å². The van der Waals surface area contributed by atoms with Gasteiger partial charge in [-0.2, -0.15) is 0 Å². The van der Waals surface area contributed by atoms with E-state index in [9.17, 15) is 24.8 Å². The average molecular weight is 383 g/mol. The van der Waals surface area contributed by atoms with Crippen LogP contribution in [-0.2, 0) is 16.0 Å². The number of carbonyl (C=O) groups excluding carboxylic acids is 2. The summed E-state index contributed by atoms with van der Waals surface area (Å²) < 4.78 is 4.93. The fourth-order valence-electron chi connectivity index (χ4n) is 2.76. The van der Waals surface area contributed by atoms with Crippen molar-refractivity contribution in [1.29, 1.82) is 0 Å². The first-order valence-corrected chi connectivity index (χ1v) is 8.37. The minimum Gasteiger partial charge on any atom is -0.504 e. The van der Waals surface area contributed by atoms with E-state index in [4.69, 9.17) is 4.74 Å². The molecule has 1 saturated heterocycles. The molecule has 1 aliphatic rings. The van der Waals surface area contributed by atoms with E-state index in [1.807, 2.05) is 19.1 Å². The van der Waals surface area contributed by atoms with Gasteiger partial charge in [0.25, 0.3) is 17.5 Å². The first-order valence-electron chi connectivity index (χ1n) is 8.37. The molecule has 3 rings (SSSR count). The van der Waals surface area contributed by atoms with Crippen molar-refractivity contribution in [2.45, 2.75) is 13.3 Å². The van der Waals surface area contributed by atoms with Gasteiger partial charge in [-0.05, 0) is 30.2 Å². The van der Waals surface area contributed by atoms with Crippen LogP contribution in [0.15, 0.2) is 42.0 Å². The van der Waals surface area contributed by atoms with Crippen LogP contribution >= 0.6 is 0 Å². The minimum absolute atomic E-state index is 0.0762. The normalized spacial score (nSPS) is 15.1. The number of hydrazine groups is 1. The smallest absolute Gasteiger partial charge is 0.282 e. The lowest BCUT2D eigenvalue weighted by Crippen LogP contribution is -2.35. The highest BCUT2D eigenvalue weighted by atomic mass is 16.6. The second-order valence-electron chi connectivity index (χ2n) is 6.00. The summed E-state index contributed by atoms with van der Waals surface area (Å²) in [6.45, 7) is 2.00. The van der Waals surface area contributed by atoms with E-state index in [0.717, 1.165) is 35.2 Å². The number of anilines is 1. The number of carbonyl (C=O) groups is 2. The third kappa shape index (κ3) is 3.37. The quantitative estimate of drug-likeness (QED) is 0.354. The highest BCUT2D eigenvalue weighted by Crippen LogP contribution is 2.36. The molecular formula is C19H17N3O6. The Kier molecular flexibility index (Phi) is 4.99. The molecule has 1 fully saturated rings. The van der Waals surface area contributed by atoms with E-state index >= 15 is 0 Å². The molecular weight excluding hydrogens is 366 g/mol. The van der Waals surface area contributed by atoms with Crippen LogP contribution in [0, 0.1) is 10.1 Å². The Morgan fingerprint density at radius 2 is 1.93 bits per heavy atom. The van der Waals surface area contributed by atoms with Crippen molar-refractivity contribution < 1.29 is 24.4 Å². The summed E-state index contributed by atoms with van der Waals surface area (Å²) >= 11 is 0. The molecule has 2 amide bonds. The largest absolute Gasteiger partial charge is 0.504 e. The number of nitrogens with zero attached hydrogens (tertiary/aromatic N) is 2. The van der Waals surface area contributed by atoms with E-state index in [1.54, 1.807) is 12.1 Å². The van der Waals surface area contributed by atoms with Crippen molar-refractivity contribution in [2.75, 3.05) is 12.1 Å². The number of hydrogen-bond acceptors (Lipinski definition) is 6. The molecule has 1 aliphatic heterocycles. The van der Waals surface area contributed by atoms with E-state index < -0.39 is 22.5 Å². The standard InChI is InChI=1S/C19H17N3O6/c1-3-11-4-6-13(7-5-11)21-19(25)15(18(24)20-21)9-12-8-14(22(26)27)10-16(28-2)17(12)23/h4-10,23H,3H2,1-2H3,(H,20,24)/b15-9+. The molecule has 2 aromatic carbocycles. The predicted molar refractivity (Wildman–Crippen MR) is 101 cm³/mol. The maximum Gasteiger partial charge on any atom is 0.282 e. The highest BCUT2D eigenvalue weighted by molar-refractivity contribution is 6.31. The molecule has 0 aliphatic carbocycles. The molecule has 2 aromatic rings. The number of rotatable bonds is 5. The maximum atomic E-state index is 12.7. The zero-order valence-electron chi connectivity index (χ0n) is 15.1. The Morgan fingerprint density at radius 1 is 1.25 bits per heavy atom. The van der Waals surface area contributed by atoms with Gasteiger partial charge >= 0.3 is 0 Å². The number of phenolic OH excluding ortho intramolecular Hbond substituents is 1. The van der Waals surface area contributed by atoms with Gasteiger partial charge in [-0.15, -0.1) is 0 Å². The number of nitro benzene ring substituents is 1. The summed E-state index contributed by atoms with van der Waals surface area (Å²) in [6, 6.07) is 9.20. The fourth-order valence-corrected chi connectivity index (χ4v) is 2.76. The van der Waals surface area contributed by atoms with Crippen LogP contribution in [0.1, 0.15) is 18.1 Å². The molecule has 9 nitrogen and oxygen atoms in total. The van der Waals surface area contributed by atoms with Gasteiger partial charge in [-0.25, -0.2) is 5.01 Å². The Labute approximate surface area is 160 Å². The fraction of sp³-hybridized carbons (Fsp3) is 0.158. The number of nitro groups is 1. The molecule has 0 bridgehead atoms. The van der Waals surface area contributed by atoms with Crippen LogP contribution in [-0.4, -0.2) is 29.0 Å². The van der Waals surface area contributed by atoms with Crippen molar-refractivity contribution in [1.82, 2.24) is 5.43 Å². The van der Waals surface area contributed by atoms with E-state index in [2.05, 4.69) is 5.43 Å². The number of amides is 2. The number of non-ortho nitro benzene ring substituents is 1. The summed E-state index contributed by atoms with van der Waals surface area (Å²) in [5.41, 5.74) is 3.30. The van der Waals surface area contributed by atoms with E-state index in [0.29, 0.717) is 5.69 Å². The number of aryl methyl sites for hydroxylation is 1. The summed E-state index contributed by atoms with van der Waals surface area (Å²) in [7, 11) is 1.24. The maximum absolute atomic E-state index is 12.7. The molecule has 1 heterocycles. The number of nitrogens with one attached hydrogen (secondary N) is 1. The lowest BCUT2D eigenvalue weighted by Gasteiger charge is -2.14. The molecule has 0 spiro atoms. The first kappa shape index (κ1) is 18.9. The Balaban J connectivity index is 2.00. The van der Waals surface area contributed by atoms with Gasteiger partial charge < -0.3 is 9.84 Å². The molecule has 0 unspecified atom stereocenters. The number of benzene rings is 2. The van der Waals surface area contributed by atoms with Crippen molar-refractivity contribution in [3.8, 4) is 11.5 Å². The Bertz CT molecular complexity index is 997.